The molecule has 12 heteroatoms. The van der Waals surface area contributed by atoms with Crippen molar-refractivity contribution in [3.8, 4) is 0 Å². The molecule has 1 fully saturated rings. The highest BCUT2D eigenvalue weighted by Crippen LogP contribution is 2.44. The molecular weight excluding hydrogens is 649 g/mol. The lowest BCUT2D eigenvalue weighted by atomic mass is 9.77. The Labute approximate surface area is 278 Å². The summed E-state index contributed by atoms with van der Waals surface area (Å²) >= 11 is 12.2. The first kappa shape index (κ1) is 33.8. The Bertz CT molecular complexity index is 1790. The number of esters is 1. The average molecular weight is 685 g/mol. The fourth-order valence-electron chi connectivity index (χ4n) is 5.71. The fourth-order valence-corrected chi connectivity index (χ4v) is 7.30. The van der Waals surface area contributed by atoms with E-state index in [2.05, 4.69) is 4.72 Å². The van der Waals surface area contributed by atoms with Crippen LogP contribution < -0.4 is 4.72 Å². The zero-order valence-corrected chi connectivity index (χ0v) is 27.9. The van der Waals surface area contributed by atoms with Crippen LogP contribution in [0.2, 0.25) is 10.0 Å². The molecule has 1 saturated carbocycles. The summed E-state index contributed by atoms with van der Waals surface area (Å²) < 4.78 is 33.7. The maximum Gasteiger partial charge on any atom is 0.327 e. The summed E-state index contributed by atoms with van der Waals surface area (Å²) in [7, 11) is -4.19. The topological polar surface area (TPSA) is 125 Å². The van der Waals surface area contributed by atoms with Crippen molar-refractivity contribution in [2.45, 2.75) is 63.1 Å². The van der Waals surface area contributed by atoms with Gasteiger partial charge < -0.3 is 9.84 Å². The van der Waals surface area contributed by atoms with E-state index < -0.39 is 46.7 Å². The number of halogens is 2. The number of fused-ring (bicyclic) bond motifs is 1. The van der Waals surface area contributed by atoms with Crippen LogP contribution in [0.15, 0.2) is 82.3 Å². The lowest BCUT2D eigenvalue weighted by molar-refractivity contribution is -0.156. The number of carbonyl (C=O) groups excluding carboxylic acids is 2. The van der Waals surface area contributed by atoms with Gasteiger partial charge in [0.1, 0.15) is 6.04 Å². The molecule has 242 valence electrons. The van der Waals surface area contributed by atoms with Gasteiger partial charge >= 0.3 is 5.97 Å². The van der Waals surface area contributed by atoms with Crippen molar-refractivity contribution in [3.63, 3.8) is 0 Å². The highest BCUT2D eigenvalue weighted by molar-refractivity contribution is 7.89. The van der Waals surface area contributed by atoms with E-state index >= 15 is 0 Å². The third-order valence-corrected chi connectivity index (χ3v) is 10.3. The molecular formula is C34H35Cl2N3O6S. The molecule has 2 aliphatic rings. The molecule has 2 N–H and O–H groups in total. The van der Waals surface area contributed by atoms with Crippen molar-refractivity contribution in [3.05, 3.63) is 105 Å². The number of nitrogens with one attached hydrogen (secondary N) is 1. The number of aryl methyl sites for hydroxylation is 2. The van der Waals surface area contributed by atoms with Gasteiger partial charge in [0.15, 0.2) is 6.61 Å². The quantitative estimate of drug-likeness (QED) is 0.266. The van der Waals surface area contributed by atoms with E-state index in [9.17, 15) is 23.1 Å². The number of hydrazone groups is 1. The predicted molar refractivity (Wildman–Crippen MR) is 178 cm³/mol. The van der Waals surface area contributed by atoms with E-state index in [0.29, 0.717) is 10.0 Å². The largest absolute Gasteiger partial charge is 0.454 e. The van der Waals surface area contributed by atoms with Crippen LogP contribution in [-0.4, -0.2) is 54.9 Å². The number of allylic oxidation sites excluding steroid dienone is 1. The number of nitrogens with zero attached hydrogens (tertiary/aromatic N) is 2. The summed E-state index contributed by atoms with van der Waals surface area (Å²) in [5.74, 6) is -1.79. The number of hydrogen-bond donors (Lipinski definition) is 2. The molecule has 0 aromatic heterocycles. The third kappa shape index (κ3) is 7.53. The molecule has 3 aromatic carbocycles. The molecule has 1 aliphatic heterocycles. The SMILES string of the molecule is Cc1ccc(S(=O)(=O)N[C@H](C(=O)OCC(=O)N2N=C3/C(=C/c4ccc(Cl)cc4)CCC[C@H]3[C@H]2c2ccc(Cl)cc2)[C@@H](C)O)cc1C. The fraction of sp³-hybridized carbons (Fsp3) is 0.324. The van der Waals surface area contributed by atoms with E-state index in [-0.39, 0.29) is 10.8 Å². The highest BCUT2D eigenvalue weighted by Gasteiger charge is 2.44. The smallest absolute Gasteiger partial charge is 0.327 e. The van der Waals surface area contributed by atoms with E-state index in [1.807, 2.05) is 49.4 Å². The van der Waals surface area contributed by atoms with Crippen molar-refractivity contribution in [2.24, 2.45) is 11.0 Å². The average Bonchev–Trinajstić information content (AvgIpc) is 3.42. The number of sulfonamides is 1. The molecule has 0 spiro atoms. The second-order valence-electron chi connectivity index (χ2n) is 11.6. The summed E-state index contributed by atoms with van der Waals surface area (Å²) in [6, 6.07) is 17.1. The predicted octanol–water partition coefficient (Wildman–Crippen LogP) is 6.00. The molecule has 5 rings (SSSR count). The van der Waals surface area contributed by atoms with Crippen LogP contribution in [0.1, 0.15) is 54.5 Å². The van der Waals surface area contributed by atoms with Crippen molar-refractivity contribution in [1.82, 2.24) is 9.73 Å². The van der Waals surface area contributed by atoms with E-state index in [0.717, 1.165) is 52.8 Å². The zero-order chi connectivity index (χ0) is 33.2. The van der Waals surface area contributed by atoms with Gasteiger partial charge in [0.2, 0.25) is 10.0 Å². The highest BCUT2D eigenvalue weighted by atomic mass is 35.5. The molecule has 3 aromatic rings. The third-order valence-electron chi connectivity index (χ3n) is 8.32. The first-order valence-electron chi connectivity index (χ1n) is 14.9. The van der Waals surface area contributed by atoms with Crippen LogP contribution in [-0.2, 0) is 24.3 Å². The van der Waals surface area contributed by atoms with Gasteiger partial charge in [-0.15, -0.1) is 0 Å². The summed E-state index contributed by atoms with van der Waals surface area (Å²) in [5.41, 5.74) is 5.21. The van der Waals surface area contributed by atoms with Crippen LogP contribution in [0.3, 0.4) is 0 Å². The van der Waals surface area contributed by atoms with E-state index in [1.54, 1.807) is 25.1 Å². The molecule has 1 aliphatic carbocycles. The normalized spacial score (nSPS) is 20.2. The summed E-state index contributed by atoms with van der Waals surface area (Å²) in [5, 5.41) is 17.6. The van der Waals surface area contributed by atoms with Gasteiger partial charge in [-0.25, -0.2) is 13.4 Å². The van der Waals surface area contributed by atoms with Crippen LogP contribution in [0.25, 0.3) is 6.08 Å². The second kappa shape index (κ2) is 14.1. The summed E-state index contributed by atoms with van der Waals surface area (Å²) in [6.07, 6.45) is 3.06. The first-order valence-corrected chi connectivity index (χ1v) is 17.1. The Morgan fingerprint density at radius 3 is 2.33 bits per heavy atom. The number of ether oxygens (including phenoxy) is 1. The first-order chi connectivity index (χ1) is 21.8. The molecule has 0 bridgehead atoms. The standard InChI is InChI=1S/C34H35Cl2N3O6S/c1-20-7-16-28(17-21(20)2)46(43,44)38-31(22(3)40)34(42)45-19-30(41)39-33(24-10-14-27(36)15-11-24)29-6-4-5-25(32(29)37-39)18-23-8-12-26(35)13-9-23/h7-18,22,29,31,33,38,40H,4-6,19H2,1-3H3/b25-18+/t22-,29-,31+,33-/m1/s1. The Morgan fingerprint density at radius 2 is 1.70 bits per heavy atom. The van der Waals surface area contributed by atoms with Gasteiger partial charge in [-0.3, -0.25) is 9.59 Å². The number of benzene rings is 3. The van der Waals surface area contributed by atoms with Crippen LogP contribution in [0.5, 0.6) is 0 Å². The maximum atomic E-state index is 13.7. The van der Waals surface area contributed by atoms with E-state index in [1.165, 1.54) is 24.1 Å². The summed E-state index contributed by atoms with van der Waals surface area (Å²) in [6.45, 7) is 4.17. The minimum atomic E-state index is -4.19. The number of aliphatic hydroxyl groups is 1. The van der Waals surface area contributed by atoms with Crippen molar-refractivity contribution in [2.75, 3.05) is 6.61 Å². The number of carbonyl (C=O) groups is 2. The van der Waals surface area contributed by atoms with Crippen LogP contribution >= 0.6 is 23.2 Å². The lowest BCUT2D eigenvalue weighted by Crippen LogP contribution is -2.49. The minimum Gasteiger partial charge on any atom is -0.454 e. The van der Waals surface area contributed by atoms with Crippen LogP contribution in [0, 0.1) is 19.8 Å². The van der Waals surface area contributed by atoms with Gasteiger partial charge in [-0.2, -0.15) is 9.82 Å². The number of amides is 1. The molecule has 4 atom stereocenters. The number of aliphatic hydroxyl groups excluding tert-OH is 1. The summed E-state index contributed by atoms with van der Waals surface area (Å²) in [4.78, 5) is 26.7. The Morgan fingerprint density at radius 1 is 1.04 bits per heavy atom. The van der Waals surface area contributed by atoms with E-state index in [4.69, 9.17) is 33.0 Å². The minimum absolute atomic E-state index is 0.0612. The van der Waals surface area contributed by atoms with Crippen molar-refractivity contribution >= 4 is 56.9 Å². The molecule has 0 unspecified atom stereocenters. The molecule has 1 heterocycles. The molecule has 0 radical (unpaired) electrons. The van der Waals surface area contributed by atoms with Crippen molar-refractivity contribution in [1.29, 1.82) is 0 Å². The van der Waals surface area contributed by atoms with Gasteiger partial charge in [0.05, 0.1) is 22.8 Å². The number of rotatable bonds is 9. The molecule has 1 amide bonds. The van der Waals surface area contributed by atoms with Gasteiger partial charge in [0.25, 0.3) is 5.91 Å². The zero-order valence-electron chi connectivity index (χ0n) is 25.6. The maximum absolute atomic E-state index is 13.7. The molecule has 9 nitrogen and oxygen atoms in total. The van der Waals surface area contributed by atoms with Gasteiger partial charge in [-0.05, 0) is 110 Å². The van der Waals surface area contributed by atoms with Crippen LogP contribution in [0.4, 0.5) is 0 Å². The number of hydrogen-bond acceptors (Lipinski definition) is 7. The Balaban J connectivity index is 1.37. The Kier molecular flexibility index (Phi) is 10.3. The van der Waals surface area contributed by atoms with Crippen molar-refractivity contribution < 1.29 is 27.9 Å². The lowest BCUT2D eigenvalue weighted by Gasteiger charge is -2.29. The molecule has 46 heavy (non-hydrogen) atoms. The van der Waals surface area contributed by atoms with Gasteiger partial charge in [0, 0.05) is 16.0 Å². The van der Waals surface area contributed by atoms with Gasteiger partial charge in [-0.1, -0.05) is 53.5 Å². The Hall–Kier alpha value is -3.54. The molecule has 0 saturated heterocycles. The monoisotopic (exact) mass is 683 g/mol. The second-order valence-corrected chi connectivity index (χ2v) is 14.2.